The van der Waals surface area contributed by atoms with Gasteiger partial charge in [-0.1, -0.05) is 27.7 Å². The lowest BCUT2D eigenvalue weighted by Crippen LogP contribution is -1.86. The first-order valence-corrected chi connectivity index (χ1v) is 5.76. The van der Waals surface area contributed by atoms with Gasteiger partial charge in [-0.25, -0.2) is 4.39 Å². The number of aromatic nitrogens is 2. The molecule has 0 N–H and O–H groups in total. The molecule has 0 unspecified atom stereocenters. The van der Waals surface area contributed by atoms with E-state index in [2.05, 4.69) is 5.10 Å². The molecule has 0 saturated heterocycles. The highest BCUT2D eigenvalue weighted by Crippen LogP contribution is 2.17. The number of fused-ring (bicyclic) bond motifs is 1. The molecule has 0 radical (unpaired) electrons. The fourth-order valence-corrected chi connectivity index (χ4v) is 1.35. The molecule has 2 rings (SSSR count). The summed E-state index contributed by atoms with van der Waals surface area (Å²) < 4.78 is 14.8. The van der Waals surface area contributed by atoms with Crippen LogP contribution in [0.4, 0.5) is 4.39 Å². The molecule has 16 heavy (non-hydrogen) atoms. The van der Waals surface area contributed by atoms with Gasteiger partial charge in [0.25, 0.3) is 0 Å². The van der Waals surface area contributed by atoms with Crippen LogP contribution < -0.4 is 0 Å². The lowest BCUT2D eigenvalue weighted by atomic mass is 10.2. The summed E-state index contributed by atoms with van der Waals surface area (Å²) in [6, 6.07) is 3.42. The van der Waals surface area contributed by atoms with E-state index in [0.29, 0.717) is 5.52 Å². The Morgan fingerprint density at radius 3 is 2.25 bits per heavy atom. The zero-order valence-electron chi connectivity index (χ0n) is 11.0. The summed E-state index contributed by atoms with van der Waals surface area (Å²) in [6.45, 7) is 9.87. The van der Waals surface area contributed by atoms with Gasteiger partial charge >= 0.3 is 0 Å². The zero-order valence-corrected chi connectivity index (χ0v) is 11.0. The van der Waals surface area contributed by atoms with Crippen molar-refractivity contribution in [1.29, 1.82) is 0 Å². The molecule has 90 valence electrons. The fraction of sp³-hybridized carbons (Fsp3) is 0.462. The smallest absolute Gasteiger partial charge is 0.151 e. The Bertz CT molecular complexity index is 433. The predicted molar refractivity (Wildman–Crippen MR) is 68.1 cm³/mol. The van der Waals surface area contributed by atoms with Crippen LogP contribution >= 0.6 is 0 Å². The second kappa shape index (κ2) is 6.99. The van der Waals surface area contributed by atoms with Crippen LogP contribution in [0.15, 0.2) is 18.3 Å². The zero-order chi connectivity index (χ0) is 12.7. The van der Waals surface area contributed by atoms with E-state index in [0.717, 1.165) is 10.9 Å². The molecule has 0 aliphatic carbocycles. The summed E-state index contributed by atoms with van der Waals surface area (Å²) >= 11 is 0. The molecule has 3 heteroatoms. The maximum Gasteiger partial charge on any atom is 0.151 e. The van der Waals surface area contributed by atoms with Crippen LogP contribution in [0.2, 0.25) is 0 Å². The average molecular weight is 224 g/mol. The van der Waals surface area contributed by atoms with Crippen LogP contribution in [0.1, 0.15) is 33.3 Å². The molecule has 0 aliphatic rings. The van der Waals surface area contributed by atoms with Gasteiger partial charge in [-0.05, 0) is 24.6 Å². The van der Waals surface area contributed by atoms with Gasteiger partial charge in [-0.2, -0.15) is 5.10 Å². The summed E-state index contributed by atoms with van der Waals surface area (Å²) in [5.74, 6) is -0.245. The van der Waals surface area contributed by atoms with Gasteiger partial charge < -0.3 is 0 Å². The third-order valence-corrected chi connectivity index (χ3v) is 1.82. The minimum atomic E-state index is -0.245. The Hall–Kier alpha value is -1.38. The minimum absolute atomic E-state index is 0.245. The fourth-order valence-electron chi connectivity index (χ4n) is 1.35. The van der Waals surface area contributed by atoms with Gasteiger partial charge in [-0.15, -0.1) is 0 Å². The van der Waals surface area contributed by atoms with E-state index < -0.39 is 0 Å². The number of nitrogens with zero attached hydrogens (tertiary/aromatic N) is 2. The predicted octanol–water partition coefficient (Wildman–Crippen LogP) is 4.07. The molecule has 1 aromatic carbocycles. The second-order valence-corrected chi connectivity index (χ2v) is 2.99. The Morgan fingerprint density at radius 1 is 1.12 bits per heavy atom. The van der Waals surface area contributed by atoms with E-state index in [1.165, 1.54) is 6.07 Å². The lowest BCUT2D eigenvalue weighted by molar-refractivity contribution is 0.631. The number of hydrogen-bond acceptors (Lipinski definition) is 1. The van der Waals surface area contributed by atoms with E-state index in [-0.39, 0.29) is 5.82 Å². The molecular weight excluding hydrogens is 203 g/mol. The van der Waals surface area contributed by atoms with Crippen molar-refractivity contribution in [3.63, 3.8) is 0 Å². The van der Waals surface area contributed by atoms with E-state index >= 15 is 0 Å². The number of hydrogen-bond donors (Lipinski definition) is 0. The standard InChI is InChI=1S/C9H9FN2.2C2H6/c1-6-3-7-5-12(2)11-9(7)8(10)4-6;2*1-2/h3-5H,1-2H3;2*1-2H3. The summed E-state index contributed by atoms with van der Waals surface area (Å²) in [6.07, 6.45) is 1.81. The van der Waals surface area contributed by atoms with Gasteiger partial charge in [-0.3, -0.25) is 4.68 Å². The van der Waals surface area contributed by atoms with Gasteiger partial charge in [0.05, 0.1) is 0 Å². The number of rotatable bonds is 0. The molecule has 1 heterocycles. The Kier molecular flexibility index (Phi) is 6.38. The van der Waals surface area contributed by atoms with Gasteiger partial charge in [0.1, 0.15) is 5.52 Å². The Morgan fingerprint density at radius 2 is 1.69 bits per heavy atom. The van der Waals surface area contributed by atoms with E-state index in [9.17, 15) is 4.39 Å². The largest absolute Gasteiger partial charge is 0.274 e. The van der Waals surface area contributed by atoms with Crippen LogP contribution in [0.3, 0.4) is 0 Å². The summed E-state index contributed by atoms with van der Waals surface area (Å²) in [5.41, 5.74) is 1.37. The molecule has 0 atom stereocenters. The normalized spacial score (nSPS) is 8.94. The minimum Gasteiger partial charge on any atom is -0.274 e. The average Bonchev–Trinajstić information content (AvgIpc) is 2.65. The Labute approximate surface area is 97.1 Å². The van der Waals surface area contributed by atoms with Crippen molar-refractivity contribution in [1.82, 2.24) is 9.78 Å². The lowest BCUT2D eigenvalue weighted by Gasteiger charge is -1.92. The highest BCUT2D eigenvalue weighted by molar-refractivity contribution is 5.79. The van der Waals surface area contributed by atoms with Crippen molar-refractivity contribution in [3.8, 4) is 0 Å². The van der Waals surface area contributed by atoms with E-state index in [1.54, 1.807) is 11.7 Å². The molecule has 2 nitrogen and oxygen atoms in total. The molecule has 2 aromatic rings. The van der Waals surface area contributed by atoms with E-state index in [4.69, 9.17) is 0 Å². The van der Waals surface area contributed by atoms with Crippen LogP contribution in [0, 0.1) is 12.7 Å². The first kappa shape index (κ1) is 14.6. The Balaban J connectivity index is 0.000000509. The maximum atomic E-state index is 13.2. The third-order valence-electron chi connectivity index (χ3n) is 1.82. The summed E-state index contributed by atoms with van der Waals surface area (Å²) in [4.78, 5) is 0. The van der Waals surface area contributed by atoms with Gasteiger partial charge in [0.2, 0.25) is 0 Å². The number of halogens is 1. The maximum absolute atomic E-state index is 13.2. The quantitative estimate of drug-likeness (QED) is 0.659. The van der Waals surface area contributed by atoms with Crippen molar-refractivity contribution in [2.45, 2.75) is 34.6 Å². The number of aryl methyl sites for hydroxylation is 2. The van der Waals surface area contributed by atoms with Crippen molar-refractivity contribution >= 4 is 10.9 Å². The third kappa shape index (κ3) is 3.33. The molecule has 0 amide bonds. The SMILES string of the molecule is CC.CC.Cc1cc(F)c2nn(C)cc2c1. The molecule has 0 fully saturated rings. The molecule has 0 aliphatic heterocycles. The van der Waals surface area contributed by atoms with Crippen molar-refractivity contribution in [2.75, 3.05) is 0 Å². The monoisotopic (exact) mass is 224 g/mol. The van der Waals surface area contributed by atoms with Gasteiger partial charge in [0.15, 0.2) is 5.82 Å². The highest BCUT2D eigenvalue weighted by Gasteiger charge is 2.04. The van der Waals surface area contributed by atoms with Crippen molar-refractivity contribution in [3.05, 3.63) is 29.7 Å². The topological polar surface area (TPSA) is 17.8 Å². The second-order valence-electron chi connectivity index (χ2n) is 2.99. The number of benzene rings is 1. The summed E-state index contributed by atoms with van der Waals surface area (Å²) in [7, 11) is 1.79. The summed E-state index contributed by atoms with van der Waals surface area (Å²) in [5, 5.41) is 4.85. The van der Waals surface area contributed by atoms with Crippen LogP contribution in [-0.2, 0) is 7.05 Å². The molecule has 0 bridgehead atoms. The van der Waals surface area contributed by atoms with Crippen LogP contribution in [0.25, 0.3) is 10.9 Å². The van der Waals surface area contributed by atoms with Crippen molar-refractivity contribution < 1.29 is 4.39 Å². The van der Waals surface area contributed by atoms with E-state index in [1.807, 2.05) is 46.9 Å². The molecular formula is C13H21FN2. The molecule has 0 saturated carbocycles. The molecule has 1 aromatic heterocycles. The first-order valence-electron chi connectivity index (χ1n) is 5.76. The van der Waals surface area contributed by atoms with Gasteiger partial charge in [0, 0.05) is 18.6 Å². The van der Waals surface area contributed by atoms with Crippen LogP contribution in [-0.4, -0.2) is 9.78 Å². The highest BCUT2D eigenvalue weighted by atomic mass is 19.1. The van der Waals surface area contributed by atoms with Crippen molar-refractivity contribution in [2.24, 2.45) is 7.05 Å². The first-order chi connectivity index (χ1) is 7.66. The molecule has 0 spiro atoms. The van der Waals surface area contributed by atoms with Crippen LogP contribution in [0.5, 0.6) is 0 Å².